The van der Waals surface area contributed by atoms with Crippen LogP contribution in [0.4, 0.5) is 0 Å². The van der Waals surface area contributed by atoms with Crippen molar-refractivity contribution in [2.45, 2.75) is 62.9 Å². The van der Waals surface area contributed by atoms with Gasteiger partial charge in [0.2, 0.25) is 10.0 Å². The van der Waals surface area contributed by atoms with Gasteiger partial charge in [0.15, 0.2) is 6.61 Å². The summed E-state index contributed by atoms with van der Waals surface area (Å²) in [6.07, 6.45) is 4.74. The van der Waals surface area contributed by atoms with Crippen molar-refractivity contribution in [3.63, 3.8) is 0 Å². The van der Waals surface area contributed by atoms with E-state index in [2.05, 4.69) is 0 Å². The molecule has 0 N–H and O–H groups in total. The van der Waals surface area contributed by atoms with Crippen molar-refractivity contribution in [1.82, 2.24) is 9.21 Å². The first kappa shape index (κ1) is 20.8. The molecule has 2 fully saturated rings. The number of carbonyl (C=O) groups is 2. The summed E-state index contributed by atoms with van der Waals surface area (Å²) in [5.74, 6) is -0.822. The van der Waals surface area contributed by atoms with Crippen molar-refractivity contribution in [2.24, 2.45) is 0 Å². The minimum atomic E-state index is -3.51. The molecule has 1 aromatic rings. The number of hydrogen-bond acceptors (Lipinski definition) is 5. The van der Waals surface area contributed by atoms with Crippen molar-refractivity contribution in [1.29, 1.82) is 0 Å². The highest BCUT2D eigenvalue weighted by molar-refractivity contribution is 7.89. The molecule has 2 atom stereocenters. The SMILES string of the molecule is C[C@@H]1CCC[C@H](C)N1C(=O)COC(=O)c1ccc(S(=O)(=O)N2CCCC2)cc1. The molecule has 2 aliphatic heterocycles. The lowest BCUT2D eigenvalue weighted by molar-refractivity contribution is -0.140. The second-order valence-corrected chi connectivity index (χ2v) is 9.58. The molecule has 0 aromatic heterocycles. The number of benzene rings is 1. The summed E-state index contributed by atoms with van der Waals surface area (Å²) in [6.45, 7) is 4.77. The van der Waals surface area contributed by atoms with Gasteiger partial charge in [-0.2, -0.15) is 4.31 Å². The molecule has 1 aromatic carbocycles. The average molecular weight is 409 g/mol. The molecule has 2 heterocycles. The van der Waals surface area contributed by atoms with Gasteiger partial charge in [-0.1, -0.05) is 0 Å². The predicted molar refractivity (Wildman–Crippen MR) is 104 cm³/mol. The zero-order chi connectivity index (χ0) is 20.3. The molecule has 0 saturated carbocycles. The Morgan fingerprint density at radius 1 is 1.00 bits per heavy atom. The van der Waals surface area contributed by atoms with E-state index in [9.17, 15) is 18.0 Å². The molecule has 7 nitrogen and oxygen atoms in total. The van der Waals surface area contributed by atoms with E-state index in [4.69, 9.17) is 4.74 Å². The fourth-order valence-electron chi connectivity index (χ4n) is 4.04. The third-order valence-electron chi connectivity index (χ3n) is 5.60. The van der Waals surface area contributed by atoms with Gasteiger partial charge in [0, 0.05) is 25.2 Å². The van der Waals surface area contributed by atoms with Gasteiger partial charge in [-0.3, -0.25) is 4.79 Å². The molecule has 0 unspecified atom stereocenters. The largest absolute Gasteiger partial charge is 0.452 e. The summed E-state index contributed by atoms with van der Waals surface area (Å²) >= 11 is 0. The second-order valence-electron chi connectivity index (χ2n) is 7.64. The first-order valence-electron chi connectivity index (χ1n) is 9.89. The van der Waals surface area contributed by atoms with Gasteiger partial charge in [0.1, 0.15) is 0 Å². The van der Waals surface area contributed by atoms with Crippen LogP contribution in [-0.4, -0.2) is 61.3 Å². The van der Waals surface area contributed by atoms with Gasteiger partial charge in [-0.15, -0.1) is 0 Å². The van der Waals surface area contributed by atoms with Crippen LogP contribution in [0.25, 0.3) is 0 Å². The molecule has 3 rings (SSSR count). The number of carbonyl (C=O) groups excluding carboxylic acids is 2. The minimum Gasteiger partial charge on any atom is -0.452 e. The number of ether oxygens (including phenoxy) is 1. The lowest BCUT2D eigenvalue weighted by atomic mass is 9.97. The monoisotopic (exact) mass is 408 g/mol. The van der Waals surface area contributed by atoms with Crippen LogP contribution in [0.15, 0.2) is 29.2 Å². The minimum absolute atomic E-state index is 0.144. The molecular weight excluding hydrogens is 380 g/mol. The normalized spacial score (nSPS) is 23.6. The van der Waals surface area contributed by atoms with Crippen molar-refractivity contribution in [2.75, 3.05) is 19.7 Å². The molecule has 28 heavy (non-hydrogen) atoms. The summed E-state index contributed by atoms with van der Waals surface area (Å²) in [7, 11) is -3.51. The van der Waals surface area contributed by atoms with Crippen LogP contribution in [-0.2, 0) is 19.6 Å². The highest BCUT2D eigenvalue weighted by atomic mass is 32.2. The van der Waals surface area contributed by atoms with Crippen molar-refractivity contribution < 1.29 is 22.7 Å². The van der Waals surface area contributed by atoms with Crippen LogP contribution in [0.1, 0.15) is 56.3 Å². The topological polar surface area (TPSA) is 84.0 Å². The van der Waals surface area contributed by atoms with Crippen LogP contribution in [0.3, 0.4) is 0 Å². The van der Waals surface area contributed by atoms with Crippen LogP contribution in [0.5, 0.6) is 0 Å². The van der Waals surface area contributed by atoms with Gasteiger partial charge in [-0.05, 0) is 70.2 Å². The van der Waals surface area contributed by atoms with Gasteiger partial charge < -0.3 is 9.64 Å². The van der Waals surface area contributed by atoms with Crippen molar-refractivity contribution >= 4 is 21.9 Å². The van der Waals surface area contributed by atoms with Gasteiger partial charge in [0.05, 0.1) is 10.5 Å². The smallest absolute Gasteiger partial charge is 0.338 e. The van der Waals surface area contributed by atoms with Crippen LogP contribution in [0.2, 0.25) is 0 Å². The average Bonchev–Trinajstić information content (AvgIpc) is 3.22. The number of esters is 1. The fourth-order valence-corrected chi connectivity index (χ4v) is 5.56. The first-order valence-corrected chi connectivity index (χ1v) is 11.3. The Balaban J connectivity index is 1.59. The van der Waals surface area contributed by atoms with E-state index in [1.807, 2.05) is 13.8 Å². The number of amides is 1. The third-order valence-corrected chi connectivity index (χ3v) is 7.51. The Hall–Kier alpha value is -1.93. The maximum Gasteiger partial charge on any atom is 0.338 e. The number of piperidine rings is 1. The third kappa shape index (κ3) is 4.38. The number of rotatable bonds is 5. The van der Waals surface area contributed by atoms with E-state index < -0.39 is 16.0 Å². The van der Waals surface area contributed by atoms with E-state index in [0.29, 0.717) is 13.1 Å². The fraction of sp³-hybridized carbons (Fsp3) is 0.600. The molecule has 2 aliphatic rings. The summed E-state index contributed by atoms with van der Waals surface area (Å²) in [5, 5.41) is 0. The maximum atomic E-state index is 12.5. The van der Waals surface area contributed by atoms with E-state index in [-0.39, 0.29) is 35.1 Å². The highest BCUT2D eigenvalue weighted by Crippen LogP contribution is 2.23. The maximum absolute atomic E-state index is 12.5. The van der Waals surface area contributed by atoms with Gasteiger partial charge >= 0.3 is 5.97 Å². The Morgan fingerprint density at radius 3 is 2.14 bits per heavy atom. The van der Waals surface area contributed by atoms with Crippen LogP contribution < -0.4 is 0 Å². The highest BCUT2D eigenvalue weighted by Gasteiger charge is 2.30. The Labute approximate surface area is 166 Å². The van der Waals surface area contributed by atoms with E-state index >= 15 is 0 Å². The predicted octanol–water partition coefficient (Wildman–Crippen LogP) is 2.42. The van der Waals surface area contributed by atoms with E-state index in [1.54, 1.807) is 4.90 Å². The zero-order valence-corrected chi connectivity index (χ0v) is 17.3. The molecule has 0 radical (unpaired) electrons. The lowest BCUT2D eigenvalue weighted by Gasteiger charge is -2.38. The molecule has 0 bridgehead atoms. The van der Waals surface area contributed by atoms with Crippen molar-refractivity contribution in [3.8, 4) is 0 Å². The number of hydrogen-bond donors (Lipinski definition) is 0. The summed E-state index contributed by atoms with van der Waals surface area (Å²) < 4.78 is 31.7. The van der Waals surface area contributed by atoms with E-state index in [1.165, 1.54) is 28.6 Å². The molecule has 2 saturated heterocycles. The van der Waals surface area contributed by atoms with Crippen molar-refractivity contribution in [3.05, 3.63) is 29.8 Å². The number of sulfonamides is 1. The molecule has 1 amide bonds. The summed E-state index contributed by atoms with van der Waals surface area (Å²) in [5.41, 5.74) is 0.230. The Morgan fingerprint density at radius 2 is 1.57 bits per heavy atom. The number of likely N-dealkylation sites (tertiary alicyclic amines) is 1. The summed E-state index contributed by atoms with van der Waals surface area (Å²) in [4.78, 5) is 26.7. The number of nitrogens with zero attached hydrogens (tertiary/aromatic N) is 2. The molecule has 8 heteroatoms. The molecular formula is C20H28N2O5S. The molecule has 0 spiro atoms. The Kier molecular flexibility index (Phi) is 6.40. The Bertz CT molecular complexity index is 806. The molecule has 0 aliphatic carbocycles. The second kappa shape index (κ2) is 8.61. The van der Waals surface area contributed by atoms with Crippen LogP contribution >= 0.6 is 0 Å². The summed E-state index contributed by atoms with van der Waals surface area (Å²) in [6, 6.07) is 5.99. The standard InChI is InChI=1S/C20H28N2O5S/c1-15-6-5-7-16(2)22(15)19(23)14-27-20(24)17-8-10-18(11-9-17)28(25,26)21-12-3-4-13-21/h8-11,15-16H,3-7,12-14H2,1-2H3/t15-,16+. The molecule has 154 valence electrons. The van der Waals surface area contributed by atoms with Gasteiger partial charge in [0.25, 0.3) is 5.91 Å². The first-order chi connectivity index (χ1) is 13.3. The zero-order valence-electron chi connectivity index (χ0n) is 16.5. The van der Waals surface area contributed by atoms with E-state index in [0.717, 1.165) is 32.1 Å². The van der Waals surface area contributed by atoms with Gasteiger partial charge in [-0.25, -0.2) is 13.2 Å². The quantitative estimate of drug-likeness (QED) is 0.699. The van der Waals surface area contributed by atoms with Crippen LogP contribution in [0, 0.1) is 0 Å². The lowest BCUT2D eigenvalue weighted by Crippen LogP contribution is -2.49.